The molecule has 2 aromatic rings. The van der Waals surface area contributed by atoms with Crippen LogP contribution < -0.4 is 0 Å². The second-order valence-corrected chi connectivity index (χ2v) is 5.69. The quantitative estimate of drug-likeness (QED) is 0.658. The Morgan fingerprint density at radius 1 is 0.905 bits per heavy atom. The fraction of sp³-hybridized carbons (Fsp3) is 0.238. The molecule has 2 aromatic carbocycles. The third-order valence-corrected chi connectivity index (χ3v) is 4.36. The van der Waals surface area contributed by atoms with Crippen LogP contribution in [0.4, 0.5) is 0 Å². The lowest BCUT2D eigenvalue weighted by Crippen LogP contribution is -2.01. The van der Waals surface area contributed by atoms with Crippen LogP contribution in [0.25, 0.3) is 0 Å². The monoisotopic (exact) mass is 274 g/mol. The van der Waals surface area contributed by atoms with Gasteiger partial charge >= 0.3 is 0 Å². The average Bonchev–Trinajstić information content (AvgIpc) is 2.58. The molecule has 0 amide bonds. The molecule has 0 nitrogen and oxygen atoms in total. The van der Waals surface area contributed by atoms with Crippen molar-refractivity contribution in [2.75, 3.05) is 0 Å². The molecule has 0 aromatic heterocycles. The molecule has 106 valence electrons. The summed E-state index contributed by atoms with van der Waals surface area (Å²) in [6.07, 6.45) is 11.1. The predicted molar refractivity (Wildman–Crippen MR) is 90.7 cm³/mol. The fourth-order valence-corrected chi connectivity index (χ4v) is 3.15. The van der Waals surface area contributed by atoms with Crippen molar-refractivity contribution in [3.8, 4) is 0 Å². The highest BCUT2D eigenvalue weighted by molar-refractivity contribution is 5.36. The van der Waals surface area contributed by atoms with E-state index in [2.05, 4.69) is 85.8 Å². The van der Waals surface area contributed by atoms with Gasteiger partial charge in [0.05, 0.1) is 0 Å². The van der Waals surface area contributed by atoms with Crippen LogP contribution in [0.2, 0.25) is 0 Å². The first-order valence-electron chi connectivity index (χ1n) is 7.86. The zero-order chi connectivity index (χ0) is 14.5. The van der Waals surface area contributed by atoms with E-state index in [9.17, 15) is 0 Å². The summed E-state index contributed by atoms with van der Waals surface area (Å²) in [6.45, 7) is 2.26. The minimum absolute atomic E-state index is 0.502. The molecule has 0 heterocycles. The summed E-state index contributed by atoms with van der Waals surface area (Å²) in [6, 6.07) is 20.0. The molecule has 0 spiro atoms. The molecule has 0 bridgehead atoms. The highest BCUT2D eigenvalue weighted by atomic mass is 14.2. The molecule has 0 fully saturated rings. The van der Waals surface area contributed by atoms with Crippen LogP contribution in [-0.4, -0.2) is 0 Å². The van der Waals surface area contributed by atoms with Gasteiger partial charge in [-0.1, -0.05) is 85.8 Å². The van der Waals surface area contributed by atoms with Gasteiger partial charge in [0.2, 0.25) is 0 Å². The summed E-state index contributed by atoms with van der Waals surface area (Å²) >= 11 is 0. The molecule has 0 aliphatic heterocycles. The van der Waals surface area contributed by atoms with E-state index in [1.54, 1.807) is 0 Å². The van der Waals surface area contributed by atoms with Gasteiger partial charge in [-0.15, -0.1) is 0 Å². The van der Waals surface area contributed by atoms with Gasteiger partial charge in [-0.2, -0.15) is 0 Å². The first-order chi connectivity index (χ1) is 10.4. The minimum Gasteiger partial charge on any atom is -0.0836 e. The highest BCUT2D eigenvalue weighted by Gasteiger charge is 2.13. The maximum absolute atomic E-state index is 2.31. The van der Waals surface area contributed by atoms with Crippen molar-refractivity contribution in [3.63, 3.8) is 0 Å². The van der Waals surface area contributed by atoms with Crippen LogP contribution in [0.5, 0.6) is 0 Å². The smallest absolute Gasteiger partial charge is 0.00867 e. The number of rotatable bonds is 4. The standard InChI is InChI=1S/C21H22/c1-2-21(19-11-7-4-8-12-19)20-15-13-18(14-16-20)17-9-5-3-6-10-17/h3-9,11-17,21H,2,10H2,1H3. The van der Waals surface area contributed by atoms with Crippen LogP contribution in [0.3, 0.4) is 0 Å². The van der Waals surface area contributed by atoms with E-state index in [1.165, 1.54) is 16.7 Å². The Morgan fingerprint density at radius 3 is 2.24 bits per heavy atom. The van der Waals surface area contributed by atoms with Crippen LogP contribution >= 0.6 is 0 Å². The Bertz CT molecular complexity index is 617. The molecular weight excluding hydrogens is 252 g/mol. The zero-order valence-corrected chi connectivity index (χ0v) is 12.6. The highest BCUT2D eigenvalue weighted by Crippen LogP contribution is 2.30. The largest absolute Gasteiger partial charge is 0.0836 e. The lowest BCUT2D eigenvalue weighted by molar-refractivity contribution is 0.774. The summed E-state index contributed by atoms with van der Waals surface area (Å²) in [4.78, 5) is 0. The first kappa shape index (κ1) is 13.9. The maximum atomic E-state index is 2.31. The summed E-state index contributed by atoms with van der Waals surface area (Å²) in [5.74, 6) is 1.04. The van der Waals surface area contributed by atoms with Crippen molar-refractivity contribution in [2.45, 2.75) is 31.6 Å². The van der Waals surface area contributed by atoms with Crippen molar-refractivity contribution in [1.29, 1.82) is 0 Å². The van der Waals surface area contributed by atoms with Gasteiger partial charge in [0.15, 0.2) is 0 Å². The first-order valence-corrected chi connectivity index (χ1v) is 7.86. The Labute approximate surface area is 127 Å². The molecular formula is C21H22. The molecule has 2 unspecified atom stereocenters. The fourth-order valence-electron chi connectivity index (χ4n) is 3.15. The Kier molecular flexibility index (Phi) is 4.35. The Morgan fingerprint density at radius 2 is 1.62 bits per heavy atom. The van der Waals surface area contributed by atoms with E-state index >= 15 is 0 Å². The molecule has 0 saturated heterocycles. The van der Waals surface area contributed by atoms with Gasteiger partial charge in [0, 0.05) is 11.8 Å². The van der Waals surface area contributed by atoms with Crippen molar-refractivity contribution >= 4 is 0 Å². The number of hydrogen-bond acceptors (Lipinski definition) is 0. The molecule has 3 rings (SSSR count). The molecule has 2 atom stereocenters. The van der Waals surface area contributed by atoms with Crippen molar-refractivity contribution in [1.82, 2.24) is 0 Å². The Balaban J connectivity index is 1.82. The third-order valence-electron chi connectivity index (χ3n) is 4.36. The topological polar surface area (TPSA) is 0 Å². The lowest BCUT2D eigenvalue weighted by atomic mass is 9.86. The average molecular weight is 274 g/mol. The van der Waals surface area contributed by atoms with Crippen LogP contribution in [0.1, 0.15) is 48.3 Å². The Hall–Kier alpha value is -2.08. The normalized spacial score (nSPS) is 18.6. The van der Waals surface area contributed by atoms with Gasteiger partial charge in [0.25, 0.3) is 0 Å². The van der Waals surface area contributed by atoms with Crippen LogP contribution in [0.15, 0.2) is 78.9 Å². The van der Waals surface area contributed by atoms with Gasteiger partial charge in [0.1, 0.15) is 0 Å². The summed E-state index contributed by atoms with van der Waals surface area (Å²) < 4.78 is 0. The van der Waals surface area contributed by atoms with E-state index in [0.29, 0.717) is 11.8 Å². The number of benzene rings is 2. The second kappa shape index (κ2) is 6.58. The van der Waals surface area contributed by atoms with E-state index < -0.39 is 0 Å². The second-order valence-electron chi connectivity index (χ2n) is 5.69. The van der Waals surface area contributed by atoms with Crippen molar-refractivity contribution < 1.29 is 0 Å². The number of hydrogen-bond donors (Lipinski definition) is 0. The van der Waals surface area contributed by atoms with Crippen molar-refractivity contribution in [3.05, 3.63) is 95.6 Å². The molecule has 0 radical (unpaired) electrons. The minimum atomic E-state index is 0.502. The molecule has 0 saturated carbocycles. The molecule has 1 aliphatic carbocycles. The van der Waals surface area contributed by atoms with Crippen LogP contribution in [-0.2, 0) is 0 Å². The van der Waals surface area contributed by atoms with E-state index in [-0.39, 0.29) is 0 Å². The van der Waals surface area contributed by atoms with E-state index in [4.69, 9.17) is 0 Å². The molecule has 21 heavy (non-hydrogen) atoms. The molecule has 1 aliphatic rings. The van der Waals surface area contributed by atoms with Crippen LogP contribution in [0, 0.1) is 0 Å². The van der Waals surface area contributed by atoms with Gasteiger partial charge in [-0.3, -0.25) is 0 Å². The predicted octanol–water partition coefficient (Wildman–Crippen LogP) is 5.83. The SMILES string of the molecule is CCC(c1ccccc1)c1ccc(C2C=CC=CC2)cc1. The van der Waals surface area contributed by atoms with Gasteiger partial charge in [-0.25, -0.2) is 0 Å². The molecule has 0 heteroatoms. The third kappa shape index (κ3) is 3.16. The zero-order valence-electron chi connectivity index (χ0n) is 12.6. The summed E-state index contributed by atoms with van der Waals surface area (Å²) in [7, 11) is 0. The van der Waals surface area contributed by atoms with E-state index in [0.717, 1.165) is 12.8 Å². The van der Waals surface area contributed by atoms with Gasteiger partial charge in [-0.05, 0) is 29.5 Å². The lowest BCUT2D eigenvalue weighted by Gasteiger charge is -2.18. The molecule has 0 N–H and O–H groups in total. The van der Waals surface area contributed by atoms with Crippen molar-refractivity contribution in [2.24, 2.45) is 0 Å². The summed E-state index contributed by atoms with van der Waals surface area (Å²) in [5, 5.41) is 0. The maximum Gasteiger partial charge on any atom is 0.00867 e. The number of allylic oxidation sites excluding steroid dienone is 4. The van der Waals surface area contributed by atoms with Gasteiger partial charge < -0.3 is 0 Å². The van der Waals surface area contributed by atoms with E-state index in [1.807, 2.05) is 0 Å². The summed E-state index contributed by atoms with van der Waals surface area (Å²) in [5.41, 5.74) is 4.25.